The molecule has 1 aromatic carbocycles. The van der Waals surface area contributed by atoms with E-state index in [0.717, 1.165) is 10.0 Å². The molecule has 0 aliphatic carbocycles. The first kappa shape index (κ1) is 11.4. The zero-order valence-electron chi connectivity index (χ0n) is 8.89. The number of rotatable bonds is 2. The van der Waals surface area contributed by atoms with Crippen LogP contribution in [0.1, 0.15) is 16.5 Å². The summed E-state index contributed by atoms with van der Waals surface area (Å²) in [5.41, 5.74) is 7.44. The smallest absolute Gasteiger partial charge is 0.0646 e. The molecule has 2 N–H and O–H groups in total. The van der Waals surface area contributed by atoms with E-state index in [1.165, 1.54) is 14.3 Å². The van der Waals surface area contributed by atoms with Crippen LogP contribution in [0.4, 0.5) is 0 Å². The van der Waals surface area contributed by atoms with Crippen molar-refractivity contribution in [2.45, 2.75) is 6.04 Å². The zero-order valence-corrected chi connectivity index (χ0v) is 12.1. The fourth-order valence-corrected chi connectivity index (χ4v) is 4.19. The van der Waals surface area contributed by atoms with Crippen molar-refractivity contribution in [2.75, 3.05) is 0 Å². The van der Waals surface area contributed by atoms with Crippen LogP contribution in [0, 0.1) is 0 Å². The molecule has 1 unspecified atom stereocenters. The number of fused-ring (bicyclic) bond motifs is 1. The van der Waals surface area contributed by atoms with Gasteiger partial charge in [0.25, 0.3) is 0 Å². The Kier molecular flexibility index (Phi) is 3.04. The SMILES string of the molecule is NC(c1ccc(Br)cc1)c1cc2sccc2s1. The van der Waals surface area contributed by atoms with Gasteiger partial charge in [0, 0.05) is 18.7 Å². The first-order chi connectivity index (χ1) is 8.24. The predicted octanol–water partition coefficient (Wildman–Crippen LogP) is 4.77. The van der Waals surface area contributed by atoms with Crippen LogP contribution in [0.3, 0.4) is 0 Å². The van der Waals surface area contributed by atoms with Crippen LogP contribution in [0.5, 0.6) is 0 Å². The Labute approximate surface area is 116 Å². The van der Waals surface area contributed by atoms with E-state index >= 15 is 0 Å². The average Bonchev–Trinajstić information content (AvgIpc) is 2.89. The van der Waals surface area contributed by atoms with Gasteiger partial charge in [-0.3, -0.25) is 0 Å². The maximum Gasteiger partial charge on any atom is 0.0646 e. The number of halogens is 1. The topological polar surface area (TPSA) is 26.0 Å². The third-order valence-electron chi connectivity index (χ3n) is 2.69. The van der Waals surface area contributed by atoms with Gasteiger partial charge in [0.15, 0.2) is 0 Å². The highest BCUT2D eigenvalue weighted by Gasteiger charge is 2.12. The fourth-order valence-electron chi connectivity index (χ4n) is 1.77. The maximum atomic E-state index is 6.29. The highest BCUT2D eigenvalue weighted by Crippen LogP contribution is 2.34. The molecule has 0 bridgehead atoms. The molecule has 1 nitrogen and oxygen atoms in total. The second-order valence-corrected chi connectivity index (χ2v) is 6.81. The summed E-state index contributed by atoms with van der Waals surface area (Å²) >= 11 is 6.99. The Morgan fingerprint density at radius 1 is 1.06 bits per heavy atom. The van der Waals surface area contributed by atoms with E-state index in [-0.39, 0.29) is 6.04 Å². The molecule has 17 heavy (non-hydrogen) atoms. The molecule has 0 saturated carbocycles. The van der Waals surface area contributed by atoms with Gasteiger partial charge in [-0.25, -0.2) is 0 Å². The Balaban J connectivity index is 1.98. The van der Waals surface area contributed by atoms with Crippen LogP contribution in [0.15, 0.2) is 46.3 Å². The van der Waals surface area contributed by atoms with E-state index in [1.54, 1.807) is 22.7 Å². The van der Waals surface area contributed by atoms with E-state index in [4.69, 9.17) is 5.73 Å². The Hall–Kier alpha value is -0.680. The number of hydrogen-bond acceptors (Lipinski definition) is 3. The van der Waals surface area contributed by atoms with E-state index in [9.17, 15) is 0 Å². The molecule has 0 amide bonds. The third kappa shape index (κ3) is 2.18. The Morgan fingerprint density at radius 3 is 2.53 bits per heavy atom. The standard InChI is InChI=1S/C13H10BrNS2/c14-9-3-1-8(2-4-9)13(15)12-7-11-10(17-12)5-6-16-11/h1-7,13H,15H2. The van der Waals surface area contributed by atoms with Gasteiger partial charge in [0.05, 0.1) is 6.04 Å². The van der Waals surface area contributed by atoms with Crippen LogP contribution in [0.2, 0.25) is 0 Å². The van der Waals surface area contributed by atoms with E-state index < -0.39 is 0 Å². The summed E-state index contributed by atoms with van der Waals surface area (Å²) in [6, 6.07) is 12.6. The molecular formula is C13H10BrNS2. The van der Waals surface area contributed by atoms with Crippen molar-refractivity contribution >= 4 is 48.0 Å². The minimum Gasteiger partial charge on any atom is -0.320 e. The molecule has 86 valence electrons. The number of thiophene rings is 2. The van der Waals surface area contributed by atoms with Crippen LogP contribution >= 0.6 is 38.6 Å². The first-order valence-corrected chi connectivity index (χ1v) is 7.71. The lowest BCUT2D eigenvalue weighted by Crippen LogP contribution is -2.09. The molecule has 0 saturated heterocycles. The molecule has 0 radical (unpaired) electrons. The van der Waals surface area contributed by atoms with E-state index in [0.29, 0.717) is 0 Å². The summed E-state index contributed by atoms with van der Waals surface area (Å²) in [4.78, 5) is 1.23. The van der Waals surface area contributed by atoms with Crippen molar-refractivity contribution in [2.24, 2.45) is 5.73 Å². The van der Waals surface area contributed by atoms with Gasteiger partial charge in [0.2, 0.25) is 0 Å². The lowest BCUT2D eigenvalue weighted by atomic mass is 10.1. The second kappa shape index (κ2) is 4.53. The van der Waals surface area contributed by atoms with Crippen LogP contribution < -0.4 is 5.73 Å². The van der Waals surface area contributed by atoms with E-state index in [1.807, 2.05) is 12.1 Å². The second-order valence-electron chi connectivity index (χ2n) is 3.83. The molecule has 1 atom stereocenters. The van der Waals surface area contributed by atoms with Gasteiger partial charge in [-0.2, -0.15) is 0 Å². The third-order valence-corrected chi connectivity index (χ3v) is 5.40. The molecule has 2 aromatic heterocycles. The molecule has 0 aliphatic rings. The van der Waals surface area contributed by atoms with Gasteiger partial charge >= 0.3 is 0 Å². The lowest BCUT2D eigenvalue weighted by molar-refractivity contribution is 0.894. The van der Waals surface area contributed by atoms with Gasteiger partial charge in [-0.15, -0.1) is 22.7 Å². The van der Waals surface area contributed by atoms with Crippen molar-refractivity contribution < 1.29 is 0 Å². The molecule has 0 spiro atoms. The van der Waals surface area contributed by atoms with Crippen molar-refractivity contribution in [3.05, 3.63) is 56.7 Å². The van der Waals surface area contributed by atoms with Crippen molar-refractivity contribution in [1.29, 1.82) is 0 Å². The molecule has 0 fully saturated rings. The summed E-state index contributed by atoms with van der Waals surface area (Å²) in [6.45, 7) is 0. The summed E-state index contributed by atoms with van der Waals surface area (Å²) in [5, 5.41) is 2.12. The van der Waals surface area contributed by atoms with Crippen molar-refractivity contribution in [3.8, 4) is 0 Å². The fraction of sp³-hybridized carbons (Fsp3) is 0.0769. The van der Waals surface area contributed by atoms with Gasteiger partial charge < -0.3 is 5.73 Å². The minimum atomic E-state index is -0.0206. The molecule has 4 heteroatoms. The normalized spacial score (nSPS) is 13.1. The summed E-state index contributed by atoms with van der Waals surface area (Å²) in [6.07, 6.45) is 0. The van der Waals surface area contributed by atoms with Crippen molar-refractivity contribution in [1.82, 2.24) is 0 Å². The monoisotopic (exact) mass is 323 g/mol. The molecule has 0 aliphatic heterocycles. The zero-order chi connectivity index (χ0) is 11.8. The van der Waals surface area contributed by atoms with Crippen LogP contribution in [-0.4, -0.2) is 0 Å². The highest BCUT2D eigenvalue weighted by atomic mass is 79.9. The predicted molar refractivity (Wildman–Crippen MR) is 79.9 cm³/mol. The molecule has 3 rings (SSSR count). The summed E-state index contributed by atoms with van der Waals surface area (Å²) < 4.78 is 3.75. The number of hydrogen-bond donors (Lipinski definition) is 1. The molecular weight excluding hydrogens is 314 g/mol. The average molecular weight is 324 g/mol. The first-order valence-electron chi connectivity index (χ1n) is 5.22. The quantitative estimate of drug-likeness (QED) is 0.722. The summed E-state index contributed by atoms with van der Waals surface area (Å²) in [5.74, 6) is 0. The van der Waals surface area contributed by atoms with Crippen LogP contribution in [-0.2, 0) is 0 Å². The maximum absolute atomic E-state index is 6.29. The number of benzene rings is 1. The van der Waals surface area contributed by atoms with Gasteiger partial charge in [0.1, 0.15) is 0 Å². The van der Waals surface area contributed by atoms with Crippen LogP contribution in [0.25, 0.3) is 9.40 Å². The number of nitrogens with two attached hydrogens (primary N) is 1. The minimum absolute atomic E-state index is 0.0206. The highest BCUT2D eigenvalue weighted by molar-refractivity contribution is 9.10. The van der Waals surface area contributed by atoms with E-state index in [2.05, 4.69) is 45.6 Å². The van der Waals surface area contributed by atoms with Crippen molar-refractivity contribution in [3.63, 3.8) is 0 Å². The Bertz CT molecular complexity index is 610. The lowest BCUT2D eigenvalue weighted by Gasteiger charge is -2.09. The Morgan fingerprint density at radius 2 is 1.82 bits per heavy atom. The van der Waals surface area contributed by atoms with Gasteiger partial charge in [-0.1, -0.05) is 28.1 Å². The largest absolute Gasteiger partial charge is 0.320 e. The van der Waals surface area contributed by atoms with Gasteiger partial charge in [-0.05, 0) is 35.2 Å². The summed E-state index contributed by atoms with van der Waals surface area (Å²) in [7, 11) is 0. The molecule has 2 heterocycles. The molecule has 3 aromatic rings.